The van der Waals surface area contributed by atoms with E-state index in [0.717, 1.165) is 5.56 Å². The van der Waals surface area contributed by atoms with Gasteiger partial charge in [0.05, 0.1) is 12.2 Å². The van der Waals surface area contributed by atoms with E-state index < -0.39 is 16.6 Å². The summed E-state index contributed by atoms with van der Waals surface area (Å²) in [6.07, 6.45) is 0. The Bertz CT molecular complexity index is 1250. The number of hydrogen-bond donors (Lipinski definition) is 0. The number of benzene rings is 3. The summed E-state index contributed by atoms with van der Waals surface area (Å²) in [4.78, 5) is 29.2. The van der Waals surface area contributed by atoms with Gasteiger partial charge in [0, 0.05) is 29.0 Å². The van der Waals surface area contributed by atoms with Gasteiger partial charge >= 0.3 is 0 Å². The van der Waals surface area contributed by atoms with Gasteiger partial charge in [0.2, 0.25) is 0 Å². The number of rotatable bonds is 3. The number of aryl methyl sites for hydroxylation is 1. The van der Waals surface area contributed by atoms with Crippen molar-refractivity contribution in [2.75, 3.05) is 17.2 Å². The zero-order chi connectivity index (χ0) is 22.5. The van der Waals surface area contributed by atoms with Gasteiger partial charge in [0.15, 0.2) is 4.87 Å². The fraction of sp³-hybridized carbons (Fsp3) is 0.200. The van der Waals surface area contributed by atoms with Gasteiger partial charge in [0.1, 0.15) is 11.6 Å². The number of thioether (sulfide) groups is 1. The quantitative estimate of drug-likeness (QED) is 0.572. The highest BCUT2D eigenvalue weighted by atomic mass is 32.2. The minimum atomic E-state index is -1.25. The van der Waals surface area contributed by atoms with Crippen LogP contribution in [0.1, 0.15) is 27.0 Å². The van der Waals surface area contributed by atoms with Crippen molar-refractivity contribution in [3.8, 4) is 0 Å². The standard InChI is InChI=1S/C25H20F2N2O2S/c1-16-9-10-22-20(13-16)25(24(31)28(22)15-18-5-2-3-8-21(18)27)29(11-12-32-25)23(30)17-6-4-7-19(26)14-17/h2-10,13-14H,11-12,15H2,1H3. The Morgan fingerprint density at radius 1 is 1.06 bits per heavy atom. The maximum absolute atomic E-state index is 14.4. The highest BCUT2D eigenvalue weighted by molar-refractivity contribution is 8.01. The number of nitrogens with zero attached hydrogens (tertiary/aromatic N) is 2. The summed E-state index contributed by atoms with van der Waals surface area (Å²) in [5, 5.41) is 0. The number of amides is 2. The zero-order valence-corrected chi connectivity index (χ0v) is 18.2. The highest BCUT2D eigenvalue weighted by Gasteiger charge is 2.59. The predicted molar refractivity (Wildman–Crippen MR) is 120 cm³/mol. The zero-order valence-electron chi connectivity index (χ0n) is 17.3. The first-order chi connectivity index (χ1) is 15.4. The third kappa shape index (κ3) is 3.11. The van der Waals surface area contributed by atoms with Crippen LogP contribution in [0.4, 0.5) is 14.5 Å². The fourth-order valence-corrected chi connectivity index (χ4v) is 5.91. The highest BCUT2D eigenvalue weighted by Crippen LogP contribution is 2.55. The molecule has 0 saturated carbocycles. The summed E-state index contributed by atoms with van der Waals surface area (Å²) in [6, 6.07) is 17.5. The van der Waals surface area contributed by atoms with Gasteiger partial charge in [-0.25, -0.2) is 8.78 Å². The van der Waals surface area contributed by atoms with Crippen LogP contribution in [0.25, 0.3) is 0 Å². The van der Waals surface area contributed by atoms with E-state index in [1.54, 1.807) is 29.2 Å². The molecule has 0 N–H and O–H groups in total. The molecule has 1 spiro atoms. The average Bonchev–Trinajstić information content (AvgIpc) is 3.32. The van der Waals surface area contributed by atoms with Gasteiger partial charge < -0.3 is 9.80 Å². The molecule has 2 amide bonds. The van der Waals surface area contributed by atoms with E-state index in [1.165, 1.54) is 40.9 Å². The van der Waals surface area contributed by atoms with E-state index in [2.05, 4.69) is 0 Å². The molecule has 32 heavy (non-hydrogen) atoms. The molecule has 5 rings (SSSR count). The van der Waals surface area contributed by atoms with Crippen molar-refractivity contribution >= 4 is 29.3 Å². The Morgan fingerprint density at radius 3 is 2.66 bits per heavy atom. The molecule has 1 fully saturated rings. The van der Waals surface area contributed by atoms with Crippen LogP contribution in [0.3, 0.4) is 0 Å². The summed E-state index contributed by atoms with van der Waals surface area (Å²) < 4.78 is 28.2. The SMILES string of the molecule is Cc1ccc2c(c1)C1(SCCN1C(=O)c1cccc(F)c1)C(=O)N2Cc1ccccc1F. The van der Waals surface area contributed by atoms with Gasteiger partial charge in [0.25, 0.3) is 11.8 Å². The first-order valence-electron chi connectivity index (χ1n) is 10.3. The molecule has 3 aromatic rings. The maximum Gasteiger partial charge on any atom is 0.268 e. The molecule has 2 aliphatic rings. The van der Waals surface area contributed by atoms with Crippen LogP contribution in [0, 0.1) is 18.6 Å². The monoisotopic (exact) mass is 450 g/mol. The smallest absolute Gasteiger partial charge is 0.268 e. The normalized spacial score (nSPS) is 19.7. The third-order valence-electron chi connectivity index (χ3n) is 5.95. The van der Waals surface area contributed by atoms with E-state index in [1.807, 2.05) is 25.1 Å². The lowest BCUT2D eigenvalue weighted by atomic mass is 10.0. The van der Waals surface area contributed by atoms with E-state index in [-0.39, 0.29) is 23.8 Å². The van der Waals surface area contributed by atoms with E-state index >= 15 is 0 Å². The van der Waals surface area contributed by atoms with Gasteiger partial charge in [-0.2, -0.15) is 0 Å². The molecular weight excluding hydrogens is 430 g/mol. The molecule has 1 unspecified atom stereocenters. The fourth-order valence-electron chi connectivity index (χ4n) is 4.46. The summed E-state index contributed by atoms with van der Waals surface area (Å²) in [5.41, 5.74) is 2.92. The maximum atomic E-state index is 14.4. The molecule has 1 atom stereocenters. The minimum absolute atomic E-state index is 0.0614. The first kappa shape index (κ1) is 20.7. The Morgan fingerprint density at radius 2 is 1.88 bits per heavy atom. The number of halogens is 2. The Balaban J connectivity index is 1.61. The van der Waals surface area contributed by atoms with Crippen molar-refractivity contribution in [1.82, 2.24) is 4.90 Å². The van der Waals surface area contributed by atoms with Crippen LogP contribution in [-0.2, 0) is 16.2 Å². The van der Waals surface area contributed by atoms with Crippen LogP contribution >= 0.6 is 11.8 Å². The Hall–Kier alpha value is -3.19. The van der Waals surface area contributed by atoms with Crippen molar-refractivity contribution in [2.45, 2.75) is 18.3 Å². The Kier molecular flexibility index (Phi) is 5.01. The first-order valence-corrected chi connectivity index (χ1v) is 11.3. The summed E-state index contributed by atoms with van der Waals surface area (Å²) >= 11 is 1.39. The second kappa shape index (κ2) is 7.74. The molecule has 0 radical (unpaired) electrons. The van der Waals surface area contributed by atoms with Gasteiger partial charge in [-0.15, -0.1) is 11.8 Å². The number of hydrogen-bond acceptors (Lipinski definition) is 3. The average molecular weight is 451 g/mol. The van der Waals surface area contributed by atoms with E-state index in [0.29, 0.717) is 29.1 Å². The van der Waals surface area contributed by atoms with Crippen LogP contribution in [0.15, 0.2) is 66.7 Å². The molecule has 0 bridgehead atoms. The van der Waals surface area contributed by atoms with E-state index in [4.69, 9.17) is 0 Å². The molecule has 4 nitrogen and oxygen atoms in total. The number of fused-ring (bicyclic) bond motifs is 2. The van der Waals surface area contributed by atoms with Crippen LogP contribution in [0.2, 0.25) is 0 Å². The number of carbonyl (C=O) groups is 2. The molecule has 3 aromatic carbocycles. The van der Waals surface area contributed by atoms with Crippen molar-refractivity contribution in [2.24, 2.45) is 0 Å². The summed E-state index contributed by atoms with van der Waals surface area (Å²) in [6.45, 7) is 2.34. The molecule has 2 aliphatic heterocycles. The second-order valence-electron chi connectivity index (χ2n) is 7.96. The number of anilines is 1. The van der Waals surface area contributed by atoms with Gasteiger partial charge in [-0.3, -0.25) is 9.59 Å². The predicted octanol–water partition coefficient (Wildman–Crippen LogP) is 4.86. The topological polar surface area (TPSA) is 40.6 Å². The van der Waals surface area contributed by atoms with Crippen molar-refractivity contribution < 1.29 is 18.4 Å². The van der Waals surface area contributed by atoms with Gasteiger partial charge in [-0.05, 0) is 37.3 Å². The summed E-state index contributed by atoms with van der Waals surface area (Å²) in [7, 11) is 0. The van der Waals surface area contributed by atoms with E-state index in [9.17, 15) is 18.4 Å². The lowest BCUT2D eigenvalue weighted by Crippen LogP contribution is -2.50. The van der Waals surface area contributed by atoms with Crippen LogP contribution in [-0.4, -0.2) is 29.0 Å². The van der Waals surface area contributed by atoms with Crippen molar-refractivity contribution in [1.29, 1.82) is 0 Å². The minimum Gasteiger partial charge on any atom is -0.311 e. The molecule has 2 heterocycles. The van der Waals surface area contributed by atoms with Gasteiger partial charge in [-0.1, -0.05) is 42.0 Å². The number of carbonyl (C=O) groups excluding carboxylic acids is 2. The Labute approximate surface area is 188 Å². The molecule has 1 saturated heterocycles. The summed E-state index contributed by atoms with van der Waals surface area (Å²) in [5.74, 6) is -1.02. The largest absolute Gasteiger partial charge is 0.311 e. The lowest BCUT2D eigenvalue weighted by Gasteiger charge is -2.33. The molecule has 0 aliphatic carbocycles. The molecule has 7 heteroatoms. The lowest BCUT2D eigenvalue weighted by molar-refractivity contribution is -0.123. The van der Waals surface area contributed by atoms with Crippen LogP contribution in [0.5, 0.6) is 0 Å². The third-order valence-corrected chi connectivity index (χ3v) is 7.37. The molecule has 162 valence electrons. The van der Waals surface area contributed by atoms with Crippen molar-refractivity contribution in [3.05, 3.63) is 101 Å². The second-order valence-corrected chi connectivity index (χ2v) is 9.25. The van der Waals surface area contributed by atoms with Crippen LogP contribution < -0.4 is 4.90 Å². The molecule has 0 aromatic heterocycles. The molecular formula is C25H20F2N2O2S. The van der Waals surface area contributed by atoms with Crippen molar-refractivity contribution in [3.63, 3.8) is 0 Å².